The molecule has 4 nitrogen and oxygen atoms in total. The van der Waals surface area contributed by atoms with Crippen LogP contribution in [0.4, 0.5) is 0 Å². The Morgan fingerprint density at radius 1 is 1.12 bits per heavy atom. The molecule has 0 aliphatic carbocycles. The molecule has 0 saturated carbocycles. The SMILES string of the molecule is CCOC(=O)c1ccc(C2CCNCC2OCc2ccccc2)cc1. The minimum atomic E-state index is -0.267. The van der Waals surface area contributed by atoms with E-state index in [4.69, 9.17) is 9.47 Å². The number of nitrogens with one attached hydrogen (secondary N) is 1. The molecule has 0 bridgehead atoms. The molecule has 2 atom stereocenters. The fourth-order valence-electron chi connectivity index (χ4n) is 3.24. The van der Waals surface area contributed by atoms with Crippen LogP contribution in [0.3, 0.4) is 0 Å². The second-order valence-corrected chi connectivity index (χ2v) is 6.28. The molecule has 1 saturated heterocycles. The van der Waals surface area contributed by atoms with Gasteiger partial charge in [-0.2, -0.15) is 0 Å². The van der Waals surface area contributed by atoms with Crippen molar-refractivity contribution >= 4 is 5.97 Å². The summed E-state index contributed by atoms with van der Waals surface area (Å²) in [5.41, 5.74) is 3.00. The first-order valence-electron chi connectivity index (χ1n) is 8.91. The average Bonchev–Trinajstić information content (AvgIpc) is 2.68. The Bertz CT molecular complexity index is 669. The summed E-state index contributed by atoms with van der Waals surface area (Å²) in [5.74, 6) is 0.0671. The van der Waals surface area contributed by atoms with E-state index < -0.39 is 0 Å². The molecule has 1 fully saturated rings. The van der Waals surface area contributed by atoms with E-state index in [0.29, 0.717) is 24.7 Å². The van der Waals surface area contributed by atoms with Crippen LogP contribution in [0, 0.1) is 0 Å². The van der Waals surface area contributed by atoms with E-state index >= 15 is 0 Å². The topological polar surface area (TPSA) is 47.6 Å². The quantitative estimate of drug-likeness (QED) is 0.818. The van der Waals surface area contributed by atoms with Gasteiger partial charge in [-0.15, -0.1) is 0 Å². The number of ether oxygens (including phenoxy) is 2. The summed E-state index contributed by atoms with van der Waals surface area (Å²) < 4.78 is 11.2. The van der Waals surface area contributed by atoms with Crippen molar-refractivity contribution in [3.63, 3.8) is 0 Å². The van der Waals surface area contributed by atoms with E-state index in [1.165, 1.54) is 11.1 Å². The molecule has 0 spiro atoms. The summed E-state index contributed by atoms with van der Waals surface area (Å²) in [7, 11) is 0. The molecule has 3 rings (SSSR count). The van der Waals surface area contributed by atoms with E-state index in [2.05, 4.69) is 17.4 Å². The number of rotatable bonds is 6. The fraction of sp³-hybridized carbons (Fsp3) is 0.381. The van der Waals surface area contributed by atoms with Crippen LogP contribution in [0.15, 0.2) is 54.6 Å². The molecule has 132 valence electrons. The van der Waals surface area contributed by atoms with Gasteiger partial charge in [0, 0.05) is 12.5 Å². The van der Waals surface area contributed by atoms with Gasteiger partial charge in [-0.1, -0.05) is 42.5 Å². The van der Waals surface area contributed by atoms with Gasteiger partial charge in [0.15, 0.2) is 0 Å². The summed E-state index contributed by atoms with van der Waals surface area (Å²) in [6.07, 6.45) is 1.15. The van der Waals surface area contributed by atoms with Crippen LogP contribution in [-0.4, -0.2) is 31.8 Å². The Hall–Kier alpha value is -2.17. The molecule has 2 unspecified atom stereocenters. The molecule has 4 heteroatoms. The van der Waals surface area contributed by atoms with Crippen molar-refractivity contribution in [1.29, 1.82) is 0 Å². The number of hydrogen-bond acceptors (Lipinski definition) is 4. The first-order chi connectivity index (χ1) is 12.3. The van der Waals surface area contributed by atoms with Crippen molar-refractivity contribution in [2.24, 2.45) is 0 Å². The smallest absolute Gasteiger partial charge is 0.338 e. The molecule has 0 aromatic heterocycles. The van der Waals surface area contributed by atoms with Crippen LogP contribution in [0.25, 0.3) is 0 Å². The van der Waals surface area contributed by atoms with Crippen molar-refractivity contribution in [2.45, 2.75) is 32.0 Å². The number of carbonyl (C=O) groups is 1. The zero-order chi connectivity index (χ0) is 17.5. The molecule has 1 N–H and O–H groups in total. The number of benzene rings is 2. The van der Waals surface area contributed by atoms with Crippen molar-refractivity contribution in [1.82, 2.24) is 5.32 Å². The first-order valence-corrected chi connectivity index (χ1v) is 8.91. The molecule has 2 aromatic rings. The Morgan fingerprint density at radius 2 is 1.88 bits per heavy atom. The molecular formula is C21H25NO3. The van der Waals surface area contributed by atoms with Gasteiger partial charge in [0.1, 0.15) is 0 Å². The molecule has 1 aliphatic heterocycles. The van der Waals surface area contributed by atoms with Crippen molar-refractivity contribution in [3.8, 4) is 0 Å². The van der Waals surface area contributed by atoms with Gasteiger partial charge in [-0.05, 0) is 43.1 Å². The summed E-state index contributed by atoms with van der Waals surface area (Å²) in [6, 6.07) is 18.0. The Balaban J connectivity index is 1.66. The van der Waals surface area contributed by atoms with Gasteiger partial charge in [0.2, 0.25) is 0 Å². The standard InChI is InChI=1S/C21H25NO3/c1-2-24-21(23)18-10-8-17(9-11-18)19-12-13-22-14-20(19)25-15-16-6-4-3-5-7-16/h3-11,19-20,22H,2,12-15H2,1H3. The number of carbonyl (C=O) groups excluding carboxylic acids is 1. The van der Waals surface area contributed by atoms with E-state index in [1.807, 2.05) is 49.4 Å². The summed E-state index contributed by atoms with van der Waals surface area (Å²) >= 11 is 0. The Labute approximate surface area is 149 Å². The third kappa shape index (κ3) is 4.68. The Kier molecular flexibility index (Phi) is 6.20. The lowest BCUT2D eigenvalue weighted by atomic mass is 9.87. The number of esters is 1. The lowest BCUT2D eigenvalue weighted by Crippen LogP contribution is -2.41. The minimum Gasteiger partial charge on any atom is -0.462 e. The third-order valence-electron chi connectivity index (χ3n) is 4.58. The molecule has 0 amide bonds. The Morgan fingerprint density at radius 3 is 2.60 bits per heavy atom. The third-order valence-corrected chi connectivity index (χ3v) is 4.58. The van der Waals surface area contributed by atoms with E-state index in [1.54, 1.807) is 0 Å². The molecule has 1 heterocycles. The van der Waals surface area contributed by atoms with Crippen LogP contribution in [0.5, 0.6) is 0 Å². The van der Waals surface area contributed by atoms with E-state index in [9.17, 15) is 4.79 Å². The van der Waals surface area contributed by atoms with Gasteiger partial charge in [-0.3, -0.25) is 0 Å². The normalized spacial score (nSPS) is 20.2. The maximum Gasteiger partial charge on any atom is 0.338 e. The second-order valence-electron chi connectivity index (χ2n) is 6.28. The van der Waals surface area contributed by atoms with Crippen molar-refractivity contribution < 1.29 is 14.3 Å². The second kappa shape index (κ2) is 8.79. The molecule has 1 aliphatic rings. The average molecular weight is 339 g/mol. The zero-order valence-corrected chi connectivity index (χ0v) is 14.6. The first kappa shape index (κ1) is 17.6. The highest BCUT2D eigenvalue weighted by molar-refractivity contribution is 5.89. The molecule has 0 radical (unpaired) electrons. The van der Waals surface area contributed by atoms with Crippen LogP contribution >= 0.6 is 0 Å². The molecular weight excluding hydrogens is 314 g/mol. The summed E-state index contributed by atoms with van der Waals surface area (Å²) in [6.45, 7) is 4.65. The van der Waals surface area contributed by atoms with Gasteiger partial charge >= 0.3 is 5.97 Å². The lowest BCUT2D eigenvalue weighted by molar-refractivity contribution is 0.0106. The van der Waals surface area contributed by atoms with Gasteiger partial charge < -0.3 is 14.8 Å². The van der Waals surface area contributed by atoms with Crippen molar-refractivity contribution in [3.05, 3.63) is 71.3 Å². The summed E-state index contributed by atoms with van der Waals surface area (Å²) in [4.78, 5) is 11.8. The highest BCUT2D eigenvalue weighted by Crippen LogP contribution is 2.28. The predicted molar refractivity (Wildman–Crippen MR) is 97.6 cm³/mol. The maximum atomic E-state index is 11.8. The predicted octanol–water partition coefficient (Wildman–Crippen LogP) is 3.53. The number of piperidine rings is 1. The summed E-state index contributed by atoms with van der Waals surface area (Å²) in [5, 5.41) is 3.42. The van der Waals surface area contributed by atoms with Gasteiger partial charge in [-0.25, -0.2) is 4.79 Å². The minimum absolute atomic E-state index is 0.127. The number of hydrogen-bond donors (Lipinski definition) is 1. The van der Waals surface area contributed by atoms with Crippen LogP contribution in [0.1, 0.15) is 40.7 Å². The highest BCUT2D eigenvalue weighted by Gasteiger charge is 2.27. The van der Waals surface area contributed by atoms with E-state index in [-0.39, 0.29) is 12.1 Å². The largest absolute Gasteiger partial charge is 0.462 e. The van der Waals surface area contributed by atoms with Crippen LogP contribution < -0.4 is 5.32 Å². The fourth-order valence-corrected chi connectivity index (χ4v) is 3.24. The molecule has 2 aromatic carbocycles. The molecule has 25 heavy (non-hydrogen) atoms. The lowest BCUT2D eigenvalue weighted by Gasteiger charge is -2.32. The zero-order valence-electron chi connectivity index (χ0n) is 14.6. The van der Waals surface area contributed by atoms with E-state index in [0.717, 1.165) is 19.5 Å². The maximum absolute atomic E-state index is 11.8. The van der Waals surface area contributed by atoms with Crippen LogP contribution in [-0.2, 0) is 16.1 Å². The van der Waals surface area contributed by atoms with Gasteiger partial charge in [0.05, 0.1) is 24.9 Å². The van der Waals surface area contributed by atoms with Crippen LogP contribution in [0.2, 0.25) is 0 Å². The van der Waals surface area contributed by atoms with Gasteiger partial charge in [0.25, 0.3) is 0 Å². The highest BCUT2D eigenvalue weighted by atomic mass is 16.5. The monoisotopic (exact) mass is 339 g/mol. The van der Waals surface area contributed by atoms with Crippen molar-refractivity contribution in [2.75, 3.05) is 19.7 Å².